The third-order valence-electron chi connectivity index (χ3n) is 5.77. The van der Waals surface area contributed by atoms with Crippen molar-refractivity contribution in [2.45, 2.75) is 19.0 Å². The molecule has 0 spiro atoms. The Kier molecular flexibility index (Phi) is 7.02. The molecule has 0 unspecified atom stereocenters. The Labute approximate surface area is 205 Å². The first kappa shape index (κ1) is 23.6. The second-order valence-corrected chi connectivity index (χ2v) is 8.68. The van der Waals surface area contributed by atoms with Gasteiger partial charge in [-0.15, -0.1) is 0 Å². The average molecular weight is 526 g/mol. The average Bonchev–Trinajstić information content (AvgIpc) is 3.46. The Balaban J connectivity index is 1.79. The lowest BCUT2D eigenvalue weighted by Gasteiger charge is -2.27. The van der Waals surface area contributed by atoms with E-state index < -0.39 is 17.7 Å². The summed E-state index contributed by atoms with van der Waals surface area (Å²) in [6, 6.07) is 11.3. The minimum absolute atomic E-state index is 0.0263. The van der Waals surface area contributed by atoms with Crippen molar-refractivity contribution in [3.8, 4) is 11.5 Å². The summed E-state index contributed by atoms with van der Waals surface area (Å²) in [5.74, 6) is -0.595. The molecule has 1 amide bonds. The Bertz CT molecular complexity index is 1220. The van der Waals surface area contributed by atoms with E-state index in [0.29, 0.717) is 42.1 Å². The highest BCUT2D eigenvalue weighted by Gasteiger charge is 2.46. The fourth-order valence-electron chi connectivity index (χ4n) is 4.08. The van der Waals surface area contributed by atoms with Gasteiger partial charge in [-0.25, -0.2) is 4.98 Å². The van der Waals surface area contributed by atoms with Crippen molar-refractivity contribution in [3.05, 3.63) is 82.4 Å². The van der Waals surface area contributed by atoms with E-state index in [9.17, 15) is 14.7 Å². The number of halogens is 1. The number of ketones is 1. The van der Waals surface area contributed by atoms with E-state index in [0.717, 1.165) is 4.47 Å². The molecule has 1 aliphatic rings. The minimum atomic E-state index is -0.813. The number of nitrogens with zero attached hydrogens (tertiary/aromatic N) is 3. The highest BCUT2D eigenvalue weighted by Crippen LogP contribution is 2.43. The lowest BCUT2D eigenvalue weighted by atomic mass is 9.94. The standard InChI is InChI=1S/C25H24BrN3O5/c1-33-18-8-9-19(20(14-18)34-2)22-21(23(30)16-4-6-17(26)7-5-16)24(31)25(32)29(22)12-3-11-28-13-10-27-15-28/h4-10,13-15,22,30H,3,11-12H2,1-2H3/b23-21+/t22-/m1/s1. The van der Waals surface area contributed by atoms with Crippen LogP contribution in [0.4, 0.5) is 0 Å². The van der Waals surface area contributed by atoms with E-state index in [-0.39, 0.29) is 11.3 Å². The summed E-state index contributed by atoms with van der Waals surface area (Å²) in [6.07, 6.45) is 5.82. The molecule has 34 heavy (non-hydrogen) atoms. The molecule has 1 aromatic heterocycles. The molecule has 1 fully saturated rings. The lowest BCUT2D eigenvalue weighted by Crippen LogP contribution is -2.31. The number of ether oxygens (including phenoxy) is 2. The number of carbonyl (C=O) groups is 2. The largest absolute Gasteiger partial charge is 0.507 e. The van der Waals surface area contributed by atoms with Gasteiger partial charge < -0.3 is 24.0 Å². The first-order valence-corrected chi connectivity index (χ1v) is 11.5. The number of aliphatic hydroxyl groups is 1. The summed E-state index contributed by atoms with van der Waals surface area (Å²) >= 11 is 3.37. The van der Waals surface area contributed by atoms with Gasteiger partial charge in [-0.3, -0.25) is 9.59 Å². The lowest BCUT2D eigenvalue weighted by molar-refractivity contribution is -0.140. The van der Waals surface area contributed by atoms with Crippen LogP contribution in [0.2, 0.25) is 0 Å². The Morgan fingerprint density at radius 1 is 1.09 bits per heavy atom. The van der Waals surface area contributed by atoms with E-state index in [4.69, 9.17) is 9.47 Å². The van der Waals surface area contributed by atoms with Gasteiger partial charge in [0.1, 0.15) is 17.3 Å². The maximum atomic E-state index is 13.2. The van der Waals surface area contributed by atoms with E-state index in [1.807, 2.05) is 10.8 Å². The van der Waals surface area contributed by atoms with Crippen LogP contribution in [0.25, 0.3) is 5.76 Å². The van der Waals surface area contributed by atoms with Gasteiger partial charge >= 0.3 is 0 Å². The minimum Gasteiger partial charge on any atom is -0.507 e. The number of Topliss-reactive ketones (excluding diaryl/α,β-unsaturated/α-hetero) is 1. The van der Waals surface area contributed by atoms with E-state index in [1.165, 1.54) is 12.0 Å². The van der Waals surface area contributed by atoms with Crippen molar-refractivity contribution in [1.29, 1.82) is 0 Å². The smallest absolute Gasteiger partial charge is 0.295 e. The number of benzene rings is 2. The van der Waals surface area contributed by atoms with Gasteiger partial charge in [0.05, 0.1) is 32.2 Å². The van der Waals surface area contributed by atoms with Crippen molar-refractivity contribution in [1.82, 2.24) is 14.5 Å². The molecular formula is C25H24BrN3O5. The molecule has 1 saturated heterocycles. The summed E-state index contributed by atoms with van der Waals surface area (Å²) in [7, 11) is 3.06. The van der Waals surface area contributed by atoms with Gasteiger partial charge in [-0.05, 0) is 30.7 Å². The molecule has 176 valence electrons. The van der Waals surface area contributed by atoms with Crippen LogP contribution in [0.5, 0.6) is 11.5 Å². The predicted octanol–water partition coefficient (Wildman–Crippen LogP) is 4.17. The Morgan fingerprint density at radius 2 is 1.85 bits per heavy atom. The van der Waals surface area contributed by atoms with Crippen molar-refractivity contribution < 1.29 is 24.2 Å². The van der Waals surface area contributed by atoms with E-state index in [2.05, 4.69) is 20.9 Å². The molecule has 1 N–H and O–H groups in total. The highest BCUT2D eigenvalue weighted by atomic mass is 79.9. The van der Waals surface area contributed by atoms with Gasteiger partial charge in [-0.2, -0.15) is 0 Å². The number of likely N-dealkylation sites (tertiary alicyclic amines) is 1. The Morgan fingerprint density at radius 3 is 2.50 bits per heavy atom. The van der Waals surface area contributed by atoms with E-state index in [1.54, 1.807) is 62.1 Å². The number of rotatable bonds is 8. The third kappa shape index (κ3) is 4.56. The maximum absolute atomic E-state index is 13.2. The molecule has 1 aliphatic heterocycles. The molecule has 2 aromatic carbocycles. The molecule has 0 bridgehead atoms. The summed E-state index contributed by atoms with van der Waals surface area (Å²) in [5, 5.41) is 11.2. The SMILES string of the molecule is COc1ccc([C@@H]2/C(=C(\O)c3ccc(Br)cc3)C(=O)C(=O)N2CCCn2ccnc2)c(OC)c1. The molecule has 9 heteroatoms. The maximum Gasteiger partial charge on any atom is 0.295 e. The molecule has 8 nitrogen and oxygen atoms in total. The number of aliphatic hydroxyl groups excluding tert-OH is 1. The zero-order valence-electron chi connectivity index (χ0n) is 18.8. The first-order chi connectivity index (χ1) is 16.4. The highest BCUT2D eigenvalue weighted by molar-refractivity contribution is 9.10. The van der Waals surface area contributed by atoms with Gasteiger partial charge in [0.25, 0.3) is 11.7 Å². The first-order valence-electron chi connectivity index (χ1n) is 10.7. The van der Waals surface area contributed by atoms with Crippen molar-refractivity contribution in [3.63, 3.8) is 0 Å². The zero-order valence-corrected chi connectivity index (χ0v) is 20.4. The molecule has 0 radical (unpaired) electrons. The number of methoxy groups -OCH3 is 2. The van der Waals surface area contributed by atoms with E-state index >= 15 is 0 Å². The topological polar surface area (TPSA) is 93.9 Å². The fourth-order valence-corrected chi connectivity index (χ4v) is 4.35. The zero-order chi connectivity index (χ0) is 24.2. The second-order valence-electron chi connectivity index (χ2n) is 7.76. The number of amides is 1. The van der Waals surface area contributed by atoms with Crippen LogP contribution in [-0.2, 0) is 16.1 Å². The number of carbonyl (C=O) groups excluding carboxylic acids is 2. The van der Waals surface area contributed by atoms with Crippen LogP contribution in [0.1, 0.15) is 23.6 Å². The van der Waals surface area contributed by atoms with Crippen LogP contribution in [0.15, 0.2) is 71.2 Å². The Hall–Kier alpha value is -3.59. The number of aromatic nitrogens is 2. The van der Waals surface area contributed by atoms with Crippen molar-refractivity contribution in [2.75, 3.05) is 20.8 Å². The van der Waals surface area contributed by atoms with Crippen molar-refractivity contribution in [2.24, 2.45) is 0 Å². The molecule has 1 atom stereocenters. The summed E-state index contributed by atoms with van der Waals surface area (Å²) in [6.45, 7) is 0.932. The van der Waals surface area contributed by atoms with Gasteiger partial charge in [0.15, 0.2) is 0 Å². The number of hydrogen-bond acceptors (Lipinski definition) is 6. The predicted molar refractivity (Wildman–Crippen MR) is 130 cm³/mol. The molecular weight excluding hydrogens is 502 g/mol. The molecule has 0 saturated carbocycles. The van der Waals surface area contributed by atoms with Crippen LogP contribution in [-0.4, -0.2) is 52.0 Å². The normalized spacial score (nSPS) is 17.3. The summed E-state index contributed by atoms with van der Waals surface area (Å²) in [4.78, 5) is 31.9. The molecule has 0 aliphatic carbocycles. The number of imidazole rings is 1. The van der Waals surface area contributed by atoms with Gasteiger partial charge in [0.2, 0.25) is 0 Å². The van der Waals surface area contributed by atoms with Gasteiger partial charge in [0, 0.05) is 47.1 Å². The fraction of sp³-hybridized carbons (Fsp3) is 0.240. The van der Waals surface area contributed by atoms with Crippen LogP contribution in [0, 0.1) is 0 Å². The summed E-state index contributed by atoms with van der Waals surface area (Å²) < 4.78 is 13.6. The molecule has 3 aromatic rings. The molecule has 2 heterocycles. The van der Waals surface area contributed by atoms with Gasteiger partial charge in [-0.1, -0.05) is 28.1 Å². The third-order valence-corrected chi connectivity index (χ3v) is 6.30. The molecule has 4 rings (SSSR count). The van der Waals surface area contributed by atoms with Crippen LogP contribution < -0.4 is 9.47 Å². The van der Waals surface area contributed by atoms with Crippen LogP contribution >= 0.6 is 15.9 Å². The van der Waals surface area contributed by atoms with Crippen molar-refractivity contribution >= 4 is 33.4 Å². The number of aryl methyl sites for hydroxylation is 1. The summed E-state index contributed by atoms with van der Waals surface area (Å²) in [5.41, 5.74) is 1.05. The quantitative estimate of drug-likeness (QED) is 0.269. The van der Waals surface area contributed by atoms with Crippen LogP contribution in [0.3, 0.4) is 0 Å². The second kappa shape index (κ2) is 10.1. The monoisotopic (exact) mass is 525 g/mol. The number of hydrogen-bond donors (Lipinski definition) is 1.